The topological polar surface area (TPSA) is 75.6 Å². The van der Waals surface area contributed by atoms with Gasteiger partial charge in [0, 0.05) is 30.0 Å². The van der Waals surface area contributed by atoms with Crippen LogP contribution in [0.25, 0.3) is 0 Å². The lowest BCUT2D eigenvalue weighted by molar-refractivity contribution is 0.102. The first-order valence-corrected chi connectivity index (χ1v) is 9.69. The average molecular weight is 404 g/mol. The molecule has 0 spiro atoms. The highest BCUT2D eigenvalue weighted by atomic mass is 32.2. The summed E-state index contributed by atoms with van der Waals surface area (Å²) in [6.07, 6.45) is 0.972. The van der Waals surface area contributed by atoms with Gasteiger partial charge in [-0.05, 0) is 30.3 Å². The number of rotatable bonds is 3. The Kier molecular flexibility index (Phi) is 5.03. The number of pyridine rings is 1. The standard InChI is InChI=1S/C19H18F2N4O2S/c1-22-18-25-19(10-27-8-11(19)9-28-18)14-6-13(3-4-15(14)21)24-17(26)16-5-2-12(20)7-23-16/h2-7,11H,8-10H2,1H3,(H,22,25)(H,24,26). The van der Waals surface area contributed by atoms with E-state index in [2.05, 4.69) is 20.6 Å². The molecule has 2 saturated heterocycles. The summed E-state index contributed by atoms with van der Waals surface area (Å²) in [5.74, 6) is -0.584. The zero-order chi connectivity index (χ0) is 19.7. The van der Waals surface area contributed by atoms with Gasteiger partial charge in [0.1, 0.15) is 17.3 Å². The number of amidine groups is 1. The first kappa shape index (κ1) is 18.8. The number of aromatic nitrogens is 1. The molecule has 3 heterocycles. The van der Waals surface area contributed by atoms with Crippen molar-refractivity contribution in [2.75, 3.05) is 31.3 Å². The number of benzene rings is 1. The van der Waals surface area contributed by atoms with Crippen molar-refractivity contribution in [3.8, 4) is 0 Å². The van der Waals surface area contributed by atoms with Crippen molar-refractivity contribution in [2.45, 2.75) is 5.54 Å². The average Bonchev–Trinajstić information content (AvgIpc) is 3.13. The summed E-state index contributed by atoms with van der Waals surface area (Å²) in [5, 5.41) is 6.75. The highest BCUT2D eigenvalue weighted by molar-refractivity contribution is 8.13. The molecule has 2 unspecified atom stereocenters. The van der Waals surface area contributed by atoms with E-state index in [0.717, 1.165) is 23.2 Å². The van der Waals surface area contributed by atoms with Crippen molar-refractivity contribution in [2.24, 2.45) is 10.9 Å². The zero-order valence-electron chi connectivity index (χ0n) is 15.0. The summed E-state index contributed by atoms with van der Waals surface area (Å²) >= 11 is 1.58. The largest absolute Gasteiger partial charge is 0.378 e. The Morgan fingerprint density at radius 3 is 3.00 bits per heavy atom. The number of anilines is 1. The number of thioether (sulfide) groups is 1. The third kappa shape index (κ3) is 3.35. The van der Waals surface area contributed by atoms with Crippen LogP contribution in [0, 0.1) is 17.6 Å². The lowest BCUT2D eigenvalue weighted by atomic mass is 9.81. The molecule has 1 aromatic heterocycles. The molecule has 4 rings (SSSR count). The Morgan fingerprint density at radius 2 is 2.25 bits per heavy atom. The summed E-state index contributed by atoms with van der Waals surface area (Å²) in [4.78, 5) is 20.3. The molecule has 6 nitrogen and oxygen atoms in total. The molecule has 2 atom stereocenters. The van der Waals surface area contributed by atoms with E-state index in [-0.39, 0.29) is 17.4 Å². The lowest BCUT2D eigenvalue weighted by Gasteiger charge is -2.40. The number of nitrogens with zero attached hydrogens (tertiary/aromatic N) is 2. The minimum Gasteiger partial charge on any atom is -0.378 e. The Labute approximate surface area is 164 Å². The predicted molar refractivity (Wildman–Crippen MR) is 103 cm³/mol. The molecule has 146 valence electrons. The fraction of sp³-hybridized carbons (Fsp3) is 0.316. The number of fused-ring (bicyclic) bond motifs is 1. The third-order valence-electron chi connectivity index (χ3n) is 4.96. The number of hydrogen-bond acceptors (Lipinski definition) is 5. The Morgan fingerprint density at radius 1 is 1.39 bits per heavy atom. The minimum atomic E-state index is -0.737. The van der Waals surface area contributed by atoms with Crippen LogP contribution < -0.4 is 10.6 Å². The van der Waals surface area contributed by atoms with Gasteiger partial charge < -0.3 is 15.4 Å². The molecule has 2 fully saturated rings. The molecular weight excluding hydrogens is 386 g/mol. The molecule has 1 amide bonds. The number of aliphatic imine (C=N–C) groups is 1. The fourth-order valence-corrected chi connectivity index (χ4v) is 4.62. The first-order valence-electron chi connectivity index (χ1n) is 8.70. The lowest BCUT2D eigenvalue weighted by Crippen LogP contribution is -2.54. The van der Waals surface area contributed by atoms with Gasteiger partial charge in [-0.25, -0.2) is 13.8 Å². The quantitative estimate of drug-likeness (QED) is 0.823. The van der Waals surface area contributed by atoms with E-state index in [9.17, 15) is 13.6 Å². The van der Waals surface area contributed by atoms with Gasteiger partial charge in [-0.2, -0.15) is 0 Å². The van der Waals surface area contributed by atoms with Crippen molar-refractivity contribution in [3.05, 3.63) is 59.4 Å². The number of halogens is 2. The number of amides is 1. The molecular formula is C19H18F2N4O2S. The SMILES string of the molecule is CN=C1NC2(c3cc(NC(=O)c4ccc(F)cn4)ccc3F)COCC2CS1. The van der Waals surface area contributed by atoms with E-state index < -0.39 is 17.3 Å². The van der Waals surface area contributed by atoms with Gasteiger partial charge >= 0.3 is 0 Å². The second-order valence-electron chi connectivity index (χ2n) is 6.66. The van der Waals surface area contributed by atoms with Crippen LogP contribution in [-0.4, -0.2) is 42.1 Å². The molecule has 9 heteroatoms. The second-order valence-corrected chi connectivity index (χ2v) is 7.67. The maximum absolute atomic E-state index is 14.8. The normalized spacial score (nSPS) is 25.2. The van der Waals surface area contributed by atoms with Gasteiger partial charge in [-0.1, -0.05) is 11.8 Å². The molecule has 0 bridgehead atoms. The van der Waals surface area contributed by atoms with E-state index in [4.69, 9.17) is 4.74 Å². The fourth-order valence-electron chi connectivity index (χ4n) is 3.49. The van der Waals surface area contributed by atoms with Gasteiger partial charge in [0.15, 0.2) is 5.17 Å². The molecule has 1 aromatic carbocycles. The molecule has 0 aliphatic carbocycles. The molecule has 2 aliphatic heterocycles. The van der Waals surface area contributed by atoms with Crippen LogP contribution in [-0.2, 0) is 10.3 Å². The minimum absolute atomic E-state index is 0.0695. The molecule has 2 aliphatic rings. The Hall–Kier alpha value is -2.52. The summed E-state index contributed by atoms with van der Waals surface area (Å²) < 4.78 is 33.5. The number of hydrogen-bond donors (Lipinski definition) is 2. The van der Waals surface area contributed by atoms with Crippen LogP contribution in [0.1, 0.15) is 16.1 Å². The van der Waals surface area contributed by atoms with Gasteiger partial charge in [-0.3, -0.25) is 9.79 Å². The summed E-state index contributed by atoms with van der Waals surface area (Å²) in [5.41, 5.74) is 0.169. The van der Waals surface area contributed by atoms with Crippen LogP contribution in [0.5, 0.6) is 0 Å². The first-order chi connectivity index (χ1) is 13.5. The van der Waals surface area contributed by atoms with E-state index in [1.54, 1.807) is 24.9 Å². The number of nitrogens with one attached hydrogen (secondary N) is 2. The number of carbonyl (C=O) groups is 1. The smallest absolute Gasteiger partial charge is 0.274 e. The van der Waals surface area contributed by atoms with E-state index >= 15 is 0 Å². The van der Waals surface area contributed by atoms with Crippen LogP contribution in [0.2, 0.25) is 0 Å². The van der Waals surface area contributed by atoms with Crippen molar-refractivity contribution in [3.63, 3.8) is 0 Å². The molecule has 28 heavy (non-hydrogen) atoms. The summed E-state index contributed by atoms with van der Waals surface area (Å²) in [6, 6.07) is 6.85. The van der Waals surface area contributed by atoms with Gasteiger partial charge in [0.2, 0.25) is 0 Å². The van der Waals surface area contributed by atoms with Crippen LogP contribution in [0.4, 0.5) is 14.5 Å². The predicted octanol–water partition coefficient (Wildman–Crippen LogP) is 2.78. The van der Waals surface area contributed by atoms with Gasteiger partial charge in [0.05, 0.1) is 24.9 Å². The van der Waals surface area contributed by atoms with E-state index in [1.807, 2.05) is 0 Å². The number of ether oxygens (including phenoxy) is 1. The van der Waals surface area contributed by atoms with Crippen LogP contribution in [0.3, 0.4) is 0 Å². The van der Waals surface area contributed by atoms with Crippen LogP contribution >= 0.6 is 11.8 Å². The Bertz CT molecular complexity index is 938. The van der Waals surface area contributed by atoms with Gasteiger partial charge in [-0.15, -0.1) is 0 Å². The van der Waals surface area contributed by atoms with Crippen LogP contribution in [0.15, 0.2) is 41.5 Å². The highest BCUT2D eigenvalue weighted by Gasteiger charge is 2.50. The third-order valence-corrected chi connectivity index (χ3v) is 6.09. The summed E-state index contributed by atoms with van der Waals surface area (Å²) in [7, 11) is 1.68. The van der Waals surface area contributed by atoms with E-state index in [1.165, 1.54) is 18.2 Å². The van der Waals surface area contributed by atoms with Crippen molar-refractivity contribution >= 4 is 28.5 Å². The second kappa shape index (κ2) is 7.48. The highest BCUT2D eigenvalue weighted by Crippen LogP contribution is 2.43. The van der Waals surface area contributed by atoms with Crippen molar-refractivity contribution in [1.82, 2.24) is 10.3 Å². The zero-order valence-corrected chi connectivity index (χ0v) is 15.9. The molecule has 2 N–H and O–H groups in total. The molecule has 0 radical (unpaired) electrons. The maximum atomic E-state index is 14.8. The summed E-state index contributed by atoms with van der Waals surface area (Å²) in [6.45, 7) is 0.831. The van der Waals surface area contributed by atoms with Crippen molar-refractivity contribution < 1.29 is 18.3 Å². The van der Waals surface area contributed by atoms with Gasteiger partial charge in [0.25, 0.3) is 5.91 Å². The molecule has 0 saturated carbocycles. The molecule has 2 aromatic rings. The van der Waals surface area contributed by atoms with Crippen molar-refractivity contribution in [1.29, 1.82) is 0 Å². The Balaban J connectivity index is 1.65. The van der Waals surface area contributed by atoms with E-state index in [0.29, 0.717) is 24.5 Å². The monoisotopic (exact) mass is 404 g/mol. The maximum Gasteiger partial charge on any atom is 0.274 e. The number of carbonyl (C=O) groups excluding carboxylic acids is 1.